The molecule has 4 nitrogen and oxygen atoms in total. The van der Waals surface area contributed by atoms with Gasteiger partial charge in [-0.25, -0.2) is 0 Å². The van der Waals surface area contributed by atoms with Crippen molar-refractivity contribution in [2.75, 3.05) is 24.8 Å². The molecule has 0 aliphatic carbocycles. The number of nitrogen functional groups attached to an aromatic ring is 1. The molecule has 0 radical (unpaired) electrons. The molecule has 1 fully saturated rings. The van der Waals surface area contributed by atoms with Crippen LogP contribution in [0.5, 0.6) is 5.75 Å². The van der Waals surface area contributed by atoms with E-state index in [9.17, 15) is 0 Å². The lowest BCUT2D eigenvalue weighted by Gasteiger charge is -2.21. The van der Waals surface area contributed by atoms with Gasteiger partial charge in [0.25, 0.3) is 0 Å². The maximum absolute atomic E-state index is 5.78. The Bertz CT molecular complexity index is 376. The molecule has 1 saturated heterocycles. The first-order valence-electron chi connectivity index (χ1n) is 6.02. The van der Waals surface area contributed by atoms with Crippen molar-refractivity contribution >= 4 is 11.4 Å². The standard InChI is InChI=1S/C13H20N2O2/c1-9(12-4-3-7-17-12)15-10-5-6-11(14)13(8-10)16-2/h5-6,8-9,12,15H,3-4,7,14H2,1-2H3. The van der Waals surface area contributed by atoms with E-state index < -0.39 is 0 Å². The van der Waals surface area contributed by atoms with E-state index in [-0.39, 0.29) is 0 Å². The van der Waals surface area contributed by atoms with Crippen LogP contribution in [0.25, 0.3) is 0 Å². The molecule has 17 heavy (non-hydrogen) atoms. The second kappa shape index (κ2) is 5.27. The Morgan fingerprint density at radius 1 is 1.53 bits per heavy atom. The number of nitrogens with two attached hydrogens (primary N) is 1. The molecule has 2 atom stereocenters. The molecule has 1 aliphatic rings. The Morgan fingerprint density at radius 3 is 3.00 bits per heavy atom. The topological polar surface area (TPSA) is 56.5 Å². The molecule has 0 amide bonds. The molecule has 2 unspecified atom stereocenters. The van der Waals surface area contributed by atoms with Gasteiger partial charge in [0.2, 0.25) is 0 Å². The minimum atomic E-state index is 0.297. The number of ether oxygens (including phenoxy) is 2. The Balaban J connectivity index is 2.02. The lowest BCUT2D eigenvalue weighted by atomic mass is 10.1. The number of nitrogens with one attached hydrogen (secondary N) is 1. The molecular formula is C13H20N2O2. The zero-order valence-corrected chi connectivity index (χ0v) is 10.4. The monoisotopic (exact) mass is 236 g/mol. The first-order chi connectivity index (χ1) is 8.20. The Kier molecular flexibility index (Phi) is 3.74. The largest absolute Gasteiger partial charge is 0.495 e. The second-order valence-corrected chi connectivity index (χ2v) is 4.44. The number of anilines is 2. The van der Waals surface area contributed by atoms with E-state index in [0.29, 0.717) is 23.6 Å². The van der Waals surface area contributed by atoms with E-state index in [0.717, 1.165) is 25.1 Å². The summed E-state index contributed by atoms with van der Waals surface area (Å²) in [5.74, 6) is 0.703. The van der Waals surface area contributed by atoms with Crippen molar-refractivity contribution in [2.45, 2.75) is 31.9 Å². The van der Waals surface area contributed by atoms with Crippen LogP contribution in [0, 0.1) is 0 Å². The number of methoxy groups -OCH3 is 1. The maximum Gasteiger partial charge on any atom is 0.143 e. The second-order valence-electron chi connectivity index (χ2n) is 4.44. The first kappa shape index (κ1) is 12.0. The average Bonchev–Trinajstić information content (AvgIpc) is 2.85. The van der Waals surface area contributed by atoms with Gasteiger partial charge in [-0.15, -0.1) is 0 Å². The fourth-order valence-corrected chi connectivity index (χ4v) is 2.15. The van der Waals surface area contributed by atoms with Crippen LogP contribution in [-0.4, -0.2) is 25.9 Å². The first-order valence-corrected chi connectivity index (χ1v) is 6.02. The molecule has 3 N–H and O–H groups in total. The predicted molar refractivity (Wildman–Crippen MR) is 69.5 cm³/mol. The smallest absolute Gasteiger partial charge is 0.143 e. The summed E-state index contributed by atoms with van der Waals surface area (Å²) in [6, 6.07) is 6.03. The number of hydrogen-bond acceptors (Lipinski definition) is 4. The maximum atomic E-state index is 5.78. The number of hydrogen-bond donors (Lipinski definition) is 2. The molecule has 1 aromatic rings. The number of rotatable bonds is 4. The van der Waals surface area contributed by atoms with Crippen molar-refractivity contribution in [1.82, 2.24) is 0 Å². The molecule has 0 bridgehead atoms. The van der Waals surface area contributed by atoms with Crippen molar-refractivity contribution in [3.8, 4) is 5.75 Å². The molecule has 1 aromatic carbocycles. The van der Waals surface area contributed by atoms with Crippen LogP contribution in [0.2, 0.25) is 0 Å². The van der Waals surface area contributed by atoms with Crippen LogP contribution >= 0.6 is 0 Å². The van der Waals surface area contributed by atoms with Crippen molar-refractivity contribution in [3.05, 3.63) is 18.2 Å². The van der Waals surface area contributed by atoms with Gasteiger partial charge in [-0.05, 0) is 31.9 Å². The van der Waals surface area contributed by atoms with Crippen molar-refractivity contribution < 1.29 is 9.47 Å². The molecular weight excluding hydrogens is 216 g/mol. The minimum absolute atomic E-state index is 0.297. The molecule has 4 heteroatoms. The van der Waals surface area contributed by atoms with Gasteiger partial charge in [0.05, 0.1) is 18.9 Å². The summed E-state index contributed by atoms with van der Waals surface area (Å²) in [6.07, 6.45) is 2.58. The Morgan fingerprint density at radius 2 is 2.35 bits per heavy atom. The third kappa shape index (κ3) is 2.82. The van der Waals surface area contributed by atoms with E-state index in [1.165, 1.54) is 0 Å². The van der Waals surface area contributed by atoms with Crippen molar-refractivity contribution in [1.29, 1.82) is 0 Å². The highest BCUT2D eigenvalue weighted by Gasteiger charge is 2.22. The summed E-state index contributed by atoms with van der Waals surface area (Å²) in [6.45, 7) is 3.01. The van der Waals surface area contributed by atoms with Gasteiger partial charge < -0.3 is 20.5 Å². The van der Waals surface area contributed by atoms with Crippen LogP contribution in [-0.2, 0) is 4.74 Å². The summed E-state index contributed by atoms with van der Waals surface area (Å²) < 4.78 is 10.8. The highest BCUT2D eigenvalue weighted by Crippen LogP contribution is 2.26. The van der Waals surface area contributed by atoms with Gasteiger partial charge in [-0.1, -0.05) is 0 Å². The van der Waals surface area contributed by atoms with E-state index >= 15 is 0 Å². The third-order valence-corrected chi connectivity index (χ3v) is 3.15. The van der Waals surface area contributed by atoms with E-state index in [2.05, 4.69) is 12.2 Å². The van der Waals surface area contributed by atoms with E-state index in [4.69, 9.17) is 15.2 Å². The van der Waals surface area contributed by atoms with Crippen LogP contribution in [0.4, 0.5) is 11.4 Å². The van der Waals surface area contributed by atoms with Gasteiger partial charge in [0.1, 0.15) is 5.75 Å². The highest BCUT2D eigenvalue weighted by atomic mass is 16.5. The van der Waals surface area contributed by atoms with E-state index in [1.807, 2.05) is 18.2 Å². The van der Waals surface area contributed by atoms with Crippen molar-refractivity contribution in [2.24, 2.45) is 0 Å². The van der Waals surface area contributed by atoms with E-state index in [1.54, 1.807) is 7.11 Å². The van der Waals surface area contributed by atoms with Gasteiger partial charge in [0.15, 0.2) is 0 Å². The zero-order valence-electron chi connectivity index (χ0n) is 10.4. The van der Waals surface area contributed by atoms with Crippen LogP contribution in [0.1, 0.15) is 19.8 Å². The summed E-state index contributed by atoms with van der Waals surface area (Å²) in [5.41, 5.74) is 7.44. The van der Waals surface area contributed by atoms with Crippen LogP contribution in [0.3, 0.4) is 0 Å². The Labute approximate surface area is 102 Å². The molecule has 94 valence electrons. The number of benzene rings is 1. The van der Waals surface area contributed by atoms with Gasteiger partial charge >= 0.3 is 0 Å². The van der Waals surface area contributed by atoms with Crippen LogP contribution in [0.15, 0.2) is 18.2 Å². The van der Waals surface area contributed by atoms with Gasteiger partial charge in [-0.3, -0.25) is 0 Å². The van der Waals surface area contributed by atoms with Gasteiger partial charge in [-0.2, -0.15) is 0 Å². The lowest BCUT2D eigenvalue weighted by Crippen LogP contribution is -2.29. The van der Waals surface area contributed by atoms with Crippen molar-refractivity contribution in [3.63, 3.8) is 0 Å². The fourth-order valence-electron chi connectivity index (χ4n) is 2.15. The molecule has 1 aliphatic heterocycles. The van der Waals surface area contributed by atoms with Gasteiger partial charge in [0, 0.05) is 24.4 Å². The zero-order chi connectivity index (χ0) is 12.3. The third-order valence-electron chi connectivity index (χ3n) is 3.15. The lowest BCUT2D eigenvalue weighted by molar-refractivity contribution is 0.0996. The Hall–Kier alpha value is -1.42. The average molecular weight is 236 g/mol. The summed E-state index contributed by atoms with van der Waals surface area (Å²) in [4.78, 5) is 0. The minimum Gasteiger partial charge on any atom is -0.495 e. The quantitative estimate of drug-likeness (QED) is 0.787. The predicted octanol–water partition coefficient (Wildman–Crippen LogP) is 2.26. The molecule has 0 aromatic heterocycles. The fraction of sp³-hybridized carbons (Fsp3) is 0.538. The van der Waals surface area contributed by atoms with Crippen LogP contribution < -0.4 is 15.8 Å². The summed E-state index contributed by atoms with van der Waals surface area (Å²) in [5, 5.41) is 3.43. The SMILES string of the molecule is COc1cc(NC(C)C2CCCO2)ccc1N. The molecule has 0 spiro atoms. The summed E-state index contributed by atoms with van der Waals surface area (Å²) in [7, 11) is 1.62. The highest BCUT2D eigenvalue weighted by molar-refractivity contribution is 5.61. The molecule has 1 heterocycles. The molecule has 0 saturated carbocycles. The normalized spacial score (nSPS) is 21.2. The molecule has 2 rings (SSSR count). The summed E-state index contributed by atoms with van der Waals surface area (Å²) >= 11 is 0.